The van der Waals surface area contributed by atoms with Gasteiger partial charge >= 0.3 is 6.36 Å². The maximum Gasteiger partial charge on any atom is 0.573 e. The lowest BCUT2D eigenvalue weighted by molar-refractivity contribution is -0.274. The highest BCUT2D eigenvalue weighted by atomic mass is 79.9. The number of aryl methyl sites for hydroxylation is 1. The van der Waals surface area contributed by atoms with Gasteiger partial charge in [0.25, 0.3) is 0 Å². The summed E-state index contributed by atoms with van der Waals surface area (Å²) >= 11 is 3.56. The van der Waals surface area contributed by atoms with Gasteiger partial charge in [-0.2, -0.15) is 0 Å². The smallest absolute Gasteiger partial charge is 0.406 e. The van der Waals surface area contributed by atoms with Crippen molar-refractivity contribution >= 4 is 38.2 Å². The van der Waals surface area contributed by atoms with Crippen LogP contribution in [-0.4, -0.2) is 11.3 Å². The largest absolute Gasteiger partial charge is 0.573 e. The van der Waals surface area contributed by atoms with E-state index in [0.717, 1.165) is 20.8 Å². The predicted octanol–water partition coefficient (Wildman–Crippen LogP) is 5.95. The maximum atomic E-state index is 12.2. The average Bonchev–Trinajstić information content (AvgIpc) is 2.52. The number of fused-ring (bicyclic) bond motifs is 1. The molecule has 124 valence electrons. The number of nitrogens with one attached hydrogen (secondary N) is 1. The van der Waals surface area contributed by atoms with Crippen LogP contribution in [-0.2, 0) is 0 Å². The van der Waals surface area contributed by atoms with Crippen molar-refractivity contribution in [1.29, 1.82) is 0 Å². The maximum absolute atomic E-state index is 12.2. The van der Waals surface area contributed by atoms with Crippen molar-refractivity contribution in [2.45, 2.75) is 13.3 Å². The molecule has 0 atom stereocenters. The number of rotatable bonds is 3. The molecule has 24 heavy (non-hydrogen) atoms. The molecule has 7 heteroatoms. The van der Waals surface area contributed by atoms with Crippen molar-refractivity contribution in [3.8, 4) is 5.75 Å². The molecule has 0 radical (unpaired) electrons. The van der Waals surface area contributed by atoms with E-state index in [0.29, 0.717) is 11.5 Å². The molecule has 0 aliphatic carbocycles. The van der Waals surface area contributed by atoms with Crippen LogP contribution in [0.15, 0.2) is 53.1 Å². The summed E-state index contributed by atoms with van der Waals surface area (Å²) in [4.78, 5) is 4.31. The van der Waals surface area contributed by atoms with E-state index < -0.39 is 6.36 Å². The van der Waals surface area contributed by atoms with Crippen molar-refractivity contribution in [3.05, 3.63) is 58.7 Å². The molecule has 1 aromatic heterocycles. The monoisotopic (exact) mass is 396 g/mol. The second kappa shape index (κ2) is 6.32. The molecule has 0 aliphatic heterocycles. The first-order valence-corrected chi connectivity index (χ1v) is 7.79. The standard InChI is InChI=1S/C17H12BrF3N2O/c1-10-2-7-14-13(15(10)18)8-9-22-16(14)23-11-3-5-12(6-4-11)24-17(19,20)21/h2-9H,1H3,(H,22,23). The highest BCUT2D eigenvalue weighted by Crippen LogP contribution is 2.32. The van der Waals surface area contributed by atoms with Gasteiger partial charge in [-0.15, -0.1) is 13.2 Å². The van der Waals surface area contributed by atoms with Crippen LogP contribution in [0.1, 0.15) is 5.56 Å². The number of nitrogens with zero attached hydrogens (tertiary/aromatic N) is 1. The zero-order valence-electron chi connectivity index (χ0n) is 12.5. The van der Waals surface area contributed by atoms with Crippen LogP contribution in [0.2, 0.25) is 0 Å². The summed E-state index contributed by atoms with van der Waals surface area (Å²) < 4.78 is 41.4. The Kier molecular flexibility index (Phi) is 4.36. The third kappa shape index (κ3) is 3.62. The van der Waals surface area contributed by atoms with E-state index in [-0.39, 0.29) is 5.75 Å². The fourth-order valence-corrected chi connectivity index (χ4v) is 2.78. The Bertz CT molecular complexity index is 879. The highest BCUT2D eigenvalue weighted by Gasteiger charge is 2.30. The molecule has 2 aromatic carbocycles. The predicted molar refractivity (Wildman–Crippen MR) is 90.6 cm³/mol. The second-order valence-electron chi connectivity index (χ2n) is 5.15. The first-order chi connectivity index (χ1) is 11.3. The molecular formula is C17H12BrF3N2O. The van der Waals surface area contributed by atoms with Crippen LogP contribution in [0, 0.1) is 6.92 Å². The van der Waals surface area contributed by atoms with Crippen molar-refractivity contribution in [1.82, 2.24) is 4.98 Å². The first-order valence-electron chi connectivity index (χ1n) is 7.00. The second-order valence-corrected chi connectivity index (χ2v) is 5.94. The number of ether oxygens (including phenoxy) is 1. The number of halogens is 4. The van der Waals surface area contributed by atoms with Crippen molar-refractivity contribution in [2.24, 2.45) is 0 Å². The third-order valence-electron chi connectivity index (χ3n) is 3.42. The van der Waals surface area contributed by atoms with Crippen LogP contribution in [0.4, 0.5) is 24.7 Å². The molecule has 1 N–H and O–H groups in total. The Hall–Kier alpha value is -2.28. The Morgan fingerprint density at radius 2 is 1.71 bits per heavy atom. The van der Waals surface area contributed by atoms with Gasteiger partial charge in [-0.05, 0) is 58.7 Å². The van der Waals surface area contributed by atoms with Gasteiger partial charge in [0.1, 0.15) is 11.6 Å². The van der Waals surface area contributed by atoms with Gasteiger partial charge in [-0.3, -0.25) is 0 Å². The number of hydrogen-bond acceptors (Lipinski definition) is 3. The molecule has 0 fully saturated rings. The summed E-state index contributed by atoms with van der Waals surface area (Å²) in [5.74, 6) is 0.356. The molecule has 1 heterocycles. The number of aromatic nitrogens is 1. The lowest BCUT2D eigenvalue weighted by Crippen LogP contribution is -2.16. The summed E-state index contributed by atoms with van der Waals surface area (Å²) in [6.45, 7) is 2.00. The van der Waals surface area contributed by atoms with E-state index in [1.807, 2.05) is 25.1 Å². The van der Waals surface area contributed by atoms with Gasteiger partial charge in [0.15, 0.2) is 0 Å². The van der Waals surface area contributed by atoms with E-state index in [1.54, 1.807) is 6.20 Å². The molecule has 3 aromatic rings. The van der Waals surface area contributed by atoms with Gasteiger partial charge in [-0.1, -0.05) is 12.1 Å². The lowest BCUT2D eigenvalue weighted by atomic mass is 10.1. The van der Waals surface area contributed by atoms with Crippen LogP contribution in [0.5, 0.6) is 5.75 Å². The van der Waals surface area contributed by atoms with E-state index in [4.69, 9.17) is 0 Å². The Labute approximate surface area is 144 Å². The summed E-state index contributed by atoms with van der Waals surface area (Å²) in [5, 5.41) is 5.03. The van der Waals surface area contributed by atoms with E-state index >= 15 is 0 Å². The fourth-order valence-electron chi connectivity index (χ4n) is 2.30. The van der Waals surface area contributed by atoms with Gasteiger partial charge in [0, 0.05) is 27.1 Å². The zero-order valence-corrected chi connectivity index (χ0v) is 14.1. The highest BCUT2D eigenvalue weighted by molar-refractivity contribution is 9.10. The molecule has 0 aliphatic rings. The minimum absolute atomic E-state index is 0.266. The summed E-state index contributed by atoms with van der Waals surface area (Å²) in [5.41, 5.74) is 1.72. The molecule has 0 unspecified atom stereocenters. The minimum atomic E-state index is -4.70. The van der Waals surface area contributed by atoms with Crippen LogP contribution < -0.4 is 10.1 Å². The molecule has 0 amide bonds. The van der Waals surface area contributed by atoms with Gasteiger partial charge < -0.3 is 10.1 Å². The van der Waals surface area contributed by atoms with E-state index in [1.165, 1.54) is 24.3 Å². The molecular weight excluding hydrogens is 385 g/mol. The topological polar surface area (TPSA) is 34.1 Å². The zero-order chi connectivity index (χ0) is 17.3. The molecule has 3 nitrogen and oxygen atoms in total. The van der Waals surface area contributed by atoms with Crippen molar-refractivity contribution < 1.29 is 17.9 Å². The van der Waals surface area contributed by atoms with Crippen LogP contribution in [0.25, 0.3) is 10.8 Å². The Morgan fingerprint density at radius 1 is 1.00 bits per heavy atom. The summed E-state index contributed by atoms with van der Waals surface area (Å²) in [6.07, 6.45) is -3.02. The fraction of sp³-hybridized carbons (Fsp3) is 0.118. The van der Waals surface area contributed by atoms with Crippen molar-refractivity contribution in [3.63, 3.8) is 0 Å². The SMILES string of the molecule is Cc1ccc2c(Nc3ccc(OC(F)(F)F)cc3)nccc2c1Br. The number of hydrogen-bond donors (Lipinski definition) is 1. The minimum Gasteiger partial charge on any atom is -0.406 e. The molecule has 3 rings (SSSR count). The summed E-state index contributed by atoms with van der Waals surface area (Å²) in [7, 11) is 0. The van der Waals surface area contributed by atoms with Gasteiger partial charge in [-0.25, -0.2) is 4.98 Å². The Balaban J connectivity index is 1.89. The quantitative estimate of drug-likeness (QED) is 0.593. The van der Waals surface area contributed by atoms with Crippen molar-refractivity contribution in [2.75, 3.05) is 5.32 Å². The molecule has 0 spiro atoms. The molecule has 0 bridgehead atoms. The van der Waals surface area contributed by atoms with Crippen LogP contribution in [0.3, 0.4) is 0 Å². The molecule has 0 saturated carbocycles. The first kappa shape index (κ1) is 16.6. The van der Waals surface area contributed by atoms with E-state index in [2.05, 4.69) is 31.0 Å². The van der Waals surface area contributed by atoms with Gasteiger partial charge in [0.2, 0.25) is 0 Å². The third-order valence-corrected chi connectivity index (χ3v) is 4.48. The van der Waals surface area contributed by atoms with Gasteiger partial charge in [0.05, 0.1) is 0 Å². The average molecular weight is 397 g/mol. The number of alkyl halides is 3. The molecule has 0 saturated heterocycles. The van der Waals surface area contributed by atoms with E-state index in [9.17, 15) is 13.2 Å². The summed E-state index contributed by atoms with van der Waals surface area (Å²) in [6, 6.07) is 11.3. The number of pyridine rings is 1. The normalized spacial score (nSPS) is 11.5. The van der Waals surface area contributed by atoms with Crippen LogP contribution >= 0.6 is 15.9 Å². The number of anilines is 2. The lowest BCUT2D eigenvalue weighted by Gasteiger charge is -2.12. The number of benzene rings is 2. The Morgan fingerprint density at radius 3 is 2.38 bits per heavy atom.